The molecule has 21 heavy (non-hydrogen) atoms. The fourth-order valence-electron chi connectivity index (χ4n) is 2.61. The lowest BCUT2D eigenvalue weighted by Gasteiger charge is -2.36. The monoisotopic (exact) mass is 309 g/mol. The van der Waals surface area contributed by atoms with Gasteiger partial charge >= 0.3 is 0 Å². The average molecular weight is 310 g/mol. The molecule has 2 unspecified atom stereocenters. The van der Waals surface area contributed by atoms with E-state index in [-0.39, 0.29) is 17.1 Å². The molecule has 0 spiro atoms. The molecule has 2 atom stereocenters. The van der Waals surface area contributed by atoms with Gasteiger partial charge in [-0.15, -0.1) is 5.10 Å². The van der Waals surface area contributed by atoms with Crippen molar-refractivity contribution in [2.75, 3.05) is 11.4 Å². The smallest absolute Gasteiger partial charge is 0.245 e. The third-order valence-electron chi connectivity index (χ3n) is 3.97. The number of halogens is 2. The lowest BCUT2D eigenvalue weighted by atomic mass is 9.99. The fourth-order valence-corrected chi connectivity index (χ4v) is 2.73. The van der Waals surface area contributed by atoms with Crippen LogP contribution in [0.5, 0.6) is 0 Å². The predicted molar refractivity (Wildman–Crippen MR) is 80.8 cm³/mol. The second-order valence-corrected chi connectivity index (χ2v) is 5.76. The summed E-state index contributed by atoms with van der Waals surface area (Å²) in [7, 11) is 0. The third kappa shape index (κ3) is 2.73. The summed E-state index contributed by atoms with van der Waals surface area (Å²) in [6, 6.07) is 4.87. The van der Waals surface area contributed by atoms with E-state index in [0.717, 1.165) is 19.4 Å². The van der Waals surface area contributed by atoms with Crippen LogP contribution in [0.4, 0.5) is 10.3 Å². The first-order chi connectivity index (χ1) is 10.1. The predicted octanol–water partition coefficient (Wildman–Crippen LogP) is 2.58. The Morgan fingerprint density at radius 2 is 2.29 bits per heavy atom. The van der Waals surface area contributed by atoms with Crippen molar-refractivity contribution in [2.45, 2.75) is 31.8 Å². The summed E-state index contributed by atoms with van der Waals surface area (Å²) in [5.74, 6) is 0.649. The van der Waals surface area contributed by atoms with Crippen LogP contribution in [0.1, 0.15) is 19.8 Å². The van der Waals surface area contributed by atoms with E-state index in [1.54, 1.807) is 6.07 Å². The Balaban J connectivity index is 1.87. The van der Waals surface area contributed by atoms with Gasteiger partial charge in [0.05, 0.1) is 5.02 Å². The first kappa shape index (κ1) is 14.3. The maximum absolute atomic E-state index is 13.5. The van der Waals surface area contributed by atoms with Gasteiger partial charge in [-0.2, -0.15) is 4.98 Å². The van der Waals surface area contributed by atoms with Crippen molar-refractivity contribution < 1.29 is 4.39 Å². The summed E-state index contributed by atoms with van der Waals surface area (Å²) < 4.78 is 13.5. The highest BCUT2D eigenvalue weighted by atomic mass is 35.5. The summed E-state index contributed by atoms with van der Waals surface area (Å²) in [4.78, 5) is 6.54. The molecule has 2 heterocycles. The summed E-state index contributed by atoms with van der Waals surface area (Å²) in [5, 5.41) is 7.17. The molecule has 0 saturated carbocycles. The van der Waals surface area contributed by atoms with E-state index in [4.69, 9.17) is 17.3 Å². The first-order valence-corrected chi connectivity index (χ1v) is 7.34. The molecule has 3 N–H and O–H groups in total. The highest BCUT2D eigenvalue weighted by Crippen LogP contribution is 2.25. The quantitative estimate of drug-likeness (QED) is 0.894. The number of aromatic amines is 1. The zero-order chi connectivity index (χ0) is 15.0. The standard InChI is InChI=1S/C14H17ClFN5/c1-8-12(17)3-2-6-21(8)14-18-13(19-20-14)9-4-5-10(15)11(16)7-9/h4-5,7-8,12H,2-3,6,17H2,1H3,(H,18,19,20). The van der Waals surface area contributed by atoms with E-state index in [2.05, 4.69) is 27.0 Å². The van der Waals surface area contributed by atoms with Crippen molar-refractivity contribution in [3.05, 3.63) is 29.0 Å². The van der Waals surface area contributed by atoms with Crippen LogP contribution in [0.25, 0.3) is 11.4 Å². The number of nitrogens with zero attached hydrogens (tertiary/aromatic N) is 3. The maximum Gasteiger partial charge on any atom is 0.245 e. The molecule has 1 aliphatic heterocycles. The molecule has 7 heteroatoms. The number of benzene rings is 1. The van der Waals surface area contributed by atoms with Gasteiger partial charge in [-0.25, -0.2) is 4.39 Å². The molecule has 0 amide bonds. The van der Waals surface area contributed by atoms with E-state index < -0.39 is 5.82 Å². The van der Waals surface area contributed by atoms with Gasteiger partial charge in [0.1, 0.15) is 5.82 Å². The Labute approximate surface area is 127 Å². The lowest BCUT2D eigenvalue weighted by Crippen LogP contribution is -2.50. The molecule has 5 nitrogen and oxygen atoms in total. The van der Waals surface area contributed by atoms with Gasteiger partial charge in [0, 0.05) is 24.2 Å². The Morgan fingerprint density at radius 1 is 1.48 bits per heavy atom. The minimum absolute atomic E-state index is 0.0918. The van der Waals surface area contributed by atoms with Crippen LogP contribution in [0, 0.1) is 5.82 Å². The molecular formula is C14H17ClFN5. The highest BCUT2D eigenvalue weighted by Gasteiger charge is 2.27. The number of aromatic nitrogens is 3. The Morgan fingerprint density at radius 3 is 3.05 bits per heavy atom. The van der Waals surface area contributed by atoms with Gasteiger partial charge in [-0.1, -0.05) is 11.6 Å². The van der Waals surface area contributed by atoms with E-state index in [9.17, 15) is 4.39 Å². The largest absolute Gasteiger partial charge is 0.335 e. The van der Waals surface area contributed by atoms with Gasteiger partial charge in [-0.05, 0) is 38.0 Å². The molecule has 1 aromatic carbocycles. The molecule has 1 fully saturated rings. The van der Waals surface area contributed by atoms with Crippen LogP contribution in [-0.4, -0.2) is 33.8 Å². The number of H-pyrrole nitrogens is 1. The topological polar surface area (TPSA) is 70.8 Å². The van der Waals surface area contributed by atoms with Crippen molar-refractivity contribution in [3.63, 3.8) is 0 Å². The zero-order valence-electron chi connectivity index (χ0n) is 11.7. The lowest BCUT2D eigenvalue weighted by molar-refractivity contribution is 0.416. The van der Waals surface area contributed by atoms with Crippen LogP contribution in [-0.2, 0) is 0 Å². The zero-order valence-corrected chi connectivity index (χ0v) is 12.4. The average Bonchev–Trinajstić information content (AvgIpc) is 2.94. The van der Waals surface area contributed by atoms with Crippen LogP contribution >= 0.6 is 11.6 Å². The number of piperidine rings is 1. The van der Waals surface area contributed by atoms with Crippen molar-refractivity contribution in [2.24, 2.45) is 5.73 Å². The van der Waals surface area contributed by atoms with Crippen LogP contribution < -0.4 is 10.6 Å². The molecule has 3 rings (SSSR count). The van der Waals surface area contributed by atoms with Gasteiger partial charge in [0.25, 0.3) is 0 Å². The molecule has 1 aromatic heterocycles. The Kier molecular flexibility index (Phi) is 3.82. The molecule has 0 bridgehead atoms. The highest BCUT2D eigenvalue weighted by molar-refractivity contribution is 6.30. The van der Waals surface area contributed by atoms with Crippen LogP contribution in [0.3, 0.4) is 0 Å². The van der Waals surface area contributed by atoms with Gasteiger partial charge in [0.2, 0.25) is 5.95 Å². The second-order valence-electron chi connectivity index (χ2n) is 5.35. The summed E-state index contributed by atoms with van der Waals surface area (Å²) in [6.07, 6.45) is 2.03. The van der Waals surface area contributed by atoms with E-state index >= 15 is 0 Å². The van der Waals surface area contributed by atoms with Gasteiger partial charge in [0.15, 0.2) is 5.82 Å². The number of nitrogens with two attached hydrogens (primary N) is 1. The van der Waals surface area contributed by atoms with Gasteiger partial charge in [-0.3, -0.25) is 5.10 Å². The van der Waals surface area contributed by atoms with E-state index in [1.165, 1.54) is 12.1 Å². The third-order valence-corrected chi connectivity index (χ3v) is 4.28. The minimum Gasteiger partial charge on any atom is -0.335 e. The molecule has 1 aliphatic rings. The normalized spacial score (nSPS) is 22.6. The Hall–Kier alpha value is -1.66. The molecule has 112 valence electrons. The number of hydrogen-bond donors (Lipinski definition) is 2. The fraction of sp³-hybridized carbons (Fsp3) is 0.429. The number of rotatable bonds is 2. The van der Waals surface area contributed by atoms with Crippen LogP contribution in [0.2, 0.25) is 5.02 Å². The maximum atomic E-state index is 13.5. The summed E-state index contributed by atoms with van der Waals surface area (Å²) in [5.41, 5.74) is 6.70. The van der Waals surface area contributed by atoms with Crippen molar-refractivity contribution in [1.29, 1.82) is 0 Å². The van der Waals surface area contributed by atoms with Crippen LogP contribution in [0.15, 0.2) is 18.2 Å². The second kappa shape index (κ2) is 5.61. The number of nitrogens with one attached hydrogen (secondary N) is 1. The molecular weight excluding hydrogens is 293 g/mol. The number of hydrogen-bond acceptors (Lipinski definition) is 4. The number of anilines is 1. The molecule has 0 aliphatic carbocycles. The van der Waals surface area contributed by atoms with Crippen molar-refractivity contribution in [3.8, 4) is 11.4 Å². The SMILES string of the molecule is CC1C(N)CCCN1c1n[nH]c(-c2ccc(Cl)c(F)c2)n1. The summed E-state index contributed by atoms with van der Waals surface area (Å²) >= 11 is 5.69. The molecule has 0 radical (unpaired) electrons. The van der Waals surface area contributed by atoms with E-state index in [1.807, 2.05) is 0 Å². The van der Waals surface area contributed by atoms with Crippen molar-refractivity contribution >= 4 is 17.5 Å². The Bertz CT molecular complexity index is 644. The summed E-state index contributed by atoms with van der Waals surface area (Å²) in [6.45, 7) is 2.95. The molecule has 2 aromatic rings. The molecule has 1 saturated heterocycles. The van der Waals surface area contributed by atoms with E-state index in [0.29, 0.717) is 17.3 Å². The first-order valence-electron chi connectivity index (χ1n) is 6.96. The minimum atomic E-state index is -0.472. The van der Waals surface area contributed by atoms with Gasteiger partial charge < -0.3 is 10.6 Å². The van der Waals surface area contributed by atoms with Crippen molar-refractivity contribution in [1.82, 2.24) is 15.2 Å².